The monoisotopic (exact) mass is 711 g/mol. The van der Waals surface area contributed by atoms with Gasteiger partial charge in [-0.3, -0.25) is 0 Å². The SMILES string of the molecule is C=CC1=C(C(=C)C(=C)/C=C\C)Oc2cc(N(c3ccc4c(c3)C(C)(C)c3ccccc3-4)c3ccc4c5ccccc5c5ccccc5c4c3)ccc2C1(C)C. The Hall–Kier alpha value is -6.38. The summed E-state index contributed by atoms with van der Waals surface area (Å²) in [5, 5.41) is 7.49. The second-order valence-electron chi connectivity index (χ2n) is 15.9. The highest BCUT2D eigenvalue weighted by Crippen LogP contribution is 2.52. The third-order valence-electron chi connectivity index (χ3n) is 12.1. The van der Waals surface area contributed by atoms with Gasteiger partial charge in [0.15, 0.2) is 0 Å². The Morgan fingerprint density at radius 1 is 0.564 bits per heavy atom. The molecule has 1 heterocycles. The van der Waals surface area contributed by atoms with E-state index >= 15 is 0 Å². The first-order valence-electron chi connectivity index (χ1n) is 19.1. The maximum absolute atomic E-state index is 6.88. The van der Waals surface area contributed by atoms with Gasteiger partial charge in [-0.25, -0.2) is 0 Å². The standard InChI is InChI=1S/C53H45NO/c1-9-17-33(3)34(4)51-46(10-2)52(5,6)48-29-26-37(32-50(48)55-51)54(36-25-28-44-43-22-15-16-23-47(43)53(7,8)49(44)31-36)35-24-27-42-40-20-12-11-18-38(40)39-19-13-14-21-41(39)45(42)30-35/h9-32H,2-4H2,1,5-8H3/b17-9-. The molecule has 0 radical (unpaired) electrons. The summed E-state index contributed by atoms with van der Waals surface area (Å²) in [5.74, 6) is 1.51. The normalized spacial score (nSPS) is 15.1. The number of rotatable bonds is 7. The Bertz CT molecular complexity index is 2820. The minimum atomic E-state index is -0.376. The fraction of sp³-hybridized carbons (Fsp3) is 0.132. The number of anilines is 3. The van der Waals surface area contributed by atoms with E-state index in [0.717, 1.165) is 45.1 Å². The van der Waals surface area contributed by atoms with Crippen LogP contribution < -0.4 is 9.64 Å². The molecule has 55 heavy (non-hydrogen) atoms. The van der Waals surface area contributed by atoms with Gasteiger partial charge in [0.05, 0.1) is 0 Å². The second kappa shape index (κ2) is 12.6. The van der Waals surface area contributed by atoms with E-state index in [1.165, 1.54) is 54.6 Å². The van der Waals surface area contributed by atoms with Crippen molar-refractivity contribution in [3.05, 3.63) is 205 Å². The molecule has 0 unspecified atom stereocenters. The summed E-state index contributed by atoms with van der Waals surface area (Å²) in [5.41, 5.74) is 11.6. The Morgan fingerprint density at radius 3 is 1.78 bits per heavy atom. The molecule has 0 saturated carbocycles. The molecule has 0 aromatic heterocycles. The number of nitrogens with zero attached hydrogens (tertiary/aromatic N) is 1. The van der Waals surface area contributed by atoms with E-state index in [4.69, 9.17) is 4.74 Å². The Labute approximate surface area is 324 Å². The van der Waals surface area contributed by atoms with Crippen molar-refractivity contribution in [2.45, 2.75) is 45.4 Å². The van der Waals surface area contributed by atoms with Crippen molar-refractivity contribution >= 4 is 49.4 Å². The van der Waals surface area contributed by atoms with Crippen molar-refractivity contribution < 1.29 is 4.74 Å². The molecule has 2 nitrogen and oxygen atoms in total. The maximum Gasteiger partial charge on any atom is 0.138 e. The average molecular weight is 712 g/mol. The molecule has 1 aliphatic carbocycles. The molecule has 7 aromatic carbocycles. The first kappa shape index (κ1) is 34.4. The third kappa shape index (κ3) is 5.16. The van der Waals surface area contributed by atoms with Gasteiger partial charge in [0.2, 0.25) is 0 Å². The fourth-order valence-corrected chi connectivity index (χ4v) is 9.18. The summed E-state index contributed by atoms with van der Waals surface area (Å²) in [6.45, 7) is 24.1. The zero-order valence-corrected chi connectivity index (χ0v) is 32.3. The predicted octanol–water partition coefficient (Wildman–Crippen LogP) is 14.7. The van der Waals surface area contributed by atoms with E-state index in [2.05, 4.69) is 180 Å². The number of hydrogen-bond donors (Lipinski definition) is 0. The molecular weight excluding hydrogens is 667 g/mol. The molecule has 2 heteroatoms. The van der Waals surface area contributed by atoms with Crippen molar-refractivity contribution in [2.75, 3.05) is 4.90 Å². The minimum Gasteiger partial charge on any atom is -0.456 e. The summed E-state index contributed by atoms with van der Waals surface area (Å²) >= 11 is 0. The van der Waals surface area contributed by atoms with Crippen LogP contribution in [0.5, 0.6) is 5.75 Å². The number of ether oxygens (including phenoxy) is 1. The lowest BCUT2D eigenvalue weighted by atomic mass is 9.74. The molecule has 0 bridgehead atoms. The largest absolute Gasteiger partial charge is 0.456 e. The summed E-state index contributed by atoms with van der Waals surface area (Å²) in [6.07, 6.45) is 5.85. The quantitative estimate of drug-likeness (QED) is 0.121. The zero-order chi connectivity index (χ0) is 38.2. The molecule has 0 amide bonds. The van der Waals surface area contributed by atoms with Crippen LogP contribution in [0.4, 0.5) is 17.1 Å². The Kier molecular flexibility index (Phi) is 7.88. The van der Waals surface area contributed by atoms with E-state index in [-0.39, 0.29) is 10.8 Å². The van der Waals surface area contributed by atoms with Gasteiger partial charge in [-0.15, -0.1) is 0 Å². The van der Waals surface area contributed by atoms with E-state index in [1.54, 1.807) is 0 Å². The van der Waals surface area contributed by atoms with Crippen LogP contribution in [-0.2, 0) is 10.8 Å². The van der Waals surface area contributed by atoms with Crippen LogP contribution in [0.25, 0.3) is 43.4 Å². The number of benzene rings is 7. The highest BCUT2D eigenvalue weighted by molar-refractivity contribution is 6.25. The van der Waals surface area contributed by atoms with Gasteiger partial charge in [-0.05, 0) is 97.4 Å². The van der Waals surface area contributed by atoms with Gasteiger partial charge in [-0.2, -0.15) is 0 Å². The Morgan fingerprint density at radius 2 is 1.11 bits per heavy atom. The first-order chi connectivity index (χ1) is 26.5. The van der Waals surface area contributed by atoms with Gasteiger partial charge >= 0.3 is 0 Å². The van der Waals surface area contributed by atoms with Crippen LogP contribution >= 0.6 is 0 Å². The maximum atomic E-state index is 6.88. The van der Waals surface area contributed by atoms with E-state index in [9.17, 15) is 0 Å². The molecule has 0 N–H and O–H groups in total. The van der Waals surface area contributed by atoms with Gasteiger partial charge < -0.3 is 9.64 Å². The van der Waals surface area contributed by atoms with Crippen molar-refractivity contribution in [1.82, 2.24) is 0 Å². The smallest absolute Gasteiger partial charge is 0.138 e. The average Bonchev–Trinajstić information content (AvgIpc) is 3.43. The fourth-order valence-electron chi connectivity index (χ4n) is 9.18. The van der Waals surface area contributed by atoms with E-state index < -0.39 is 0 Å². The zero-order valence-electron chi connectivity index (χ0n) is 32.3. The number of fused-ring (bicyclic) bond motifs is 10. The molecular formula is C53H45NO. The first-order valence-corrected chi connectivity index (χ1v) is 19.1. The summed E-state index contributed by atoms with van der Waals surface area (Å²) in [6, 6.07) is 46.9. The molecule has 0 spiro atoms. The number of hydrogen-bond acceptors (Lipinski definition) is 2. The van der Waals surface area contributed by atoms with Crippen LogP contribution in [0.3, 0.4) is 0 Å². The summed E-state index contributed by atoms with van der Waals surface area (Å²) < 4.78 is 6.88. The topological polar surface area (TPSA) is 12.5 Å². The predicted molar refractivity (Wildman–Crippen MR) is 235 cm³/mol. The summed E-state index contributed by atoms with van der Waals surface area (Å²) in [7, 11) is 0. The van der Waals surface area contributed by atoms with Gasteiger partial charge in [0.25, 0.3) is 0 Å². The van der Waals surface area contributed by atoms with Crippen LogP contribution in [-0.4, -0.2) is 0 Å². The van der Waals surface area contributed by atoms with Crippen molar-refractivity contribution in [1.29, 1.82) is 0 Å². The lowest BCUT2D eigenvalue weighted by Gasteiger charge is -2.37. The van der Waals surface area contributed by atoms with Crippen molar-refractivity contribution in [3.8, 4) is 16.9 Å². The van der Waals surface area contributed by atoms with Crippen molar-refractivity contribution in [3.63, 3.8) is 0 Å². The molecule has 9 rings (SSSR count). The van der Waals surface area contributed by atoms with Crippen LogP contribution in [0.1, 0.15) is 51.3 Å². The molecule has 2 aliphatic rings. The molecule has 268 valence electrons. The summed E-state index contributed by atoms with van der Waals surface area (Å²) in [4.78, 5) is 2.39. The van der Waals surface area contributed by atoms with Crippen LogP contribution in [0, 0.1) is 0 Å². The lowest BCUT2D eigenvalue weighted by molar-refractivity contribution is 0.383. The van der Waals surface area contributed by atoms with Crippen molar-refractivity contribution in [2.24, 2.45) is 0 Å². The second-order valence-corrected chi connectivity index (χ2v) is 15.9. The number of allylic oxidation sites excluding steroid dienone is 5. The lowest BCUT2D eigenvalue weighted by Crippen LogP contribution is -2.28. The van der Waals surface area contributed by atoms with E-state index in [1.807, 2.05) is 25.2 Å². The van der Waals surface area contributed by atoms with Gasteiger partial charge in [0.1, 0.15) is 11.5 Å². The van der Waals surface area contributed by atoms with Gasteiger partial charge in [-0.1, -0.05) is 157 Å². The minimum absolute atomic E-state index is 0.147. The molecule has 0 fully saturated rings. The van der Waals surface area contributed by atoms with Crippen LogP contribution in [0.2, 0.25) is 0 Å². The molecule has 1 aliphatic heterocycles. The third-order valence-corrected chi connectivity index (χ3v) is 12.1. The molecule has 0 saturated heterocycles. The highest BCUT2D eigenvalue weighted by Gasteiger charge is 2.38. The molecule has 7 aromatic rings. The van der Waals surface area contributed by atoms with Gasteiger partial charge in [0, 0.05) is 50.7 Å². The Balaban J connectivity index is 1.28. The highest BCUT2D eigenvalue weighted by atomic mass is 16.5. The van der Waals surface area contributed by atoms with Crippen LogP contribution in [0.15, 0.2) is 188 Å². The molecule has 0 atom stereocenters. The van der Waals surface area contributed by atoms with E-state index in [0.29, 0.717) is 5.76 Å².